The number of halogens is 1. The van der Waals surface area contributed by atoms with Gasteiger partial charge in [0.2, 0.25) is 0 Å². The lowest BCUT2D eigenvalue weighted by molar-refractivity contribution is 1.14. The van der Waals surface area contributed by atoms with E-state index in [0.29, 0.717) is 12.5 Å². The summed E-state index contributed by atoms with van der Waals surface area (Å²) in [6, 6.07) is 18.3. The third-order valence-electron chi connectivity index (χ3n) is 3.11. The molecule has 0 unspecified atom stereocenters. The smallest absolute Gasteiger partial charge is 0.193 e. The minimum absolute atomic E-state index is 0. The number of hydrogen-bond donors (Lipinski definition) is 2. The van der Waals surface area contributed by atoms with Crippen molar-refractivity contribution in [1.82, 2.24) is 0 Å². The lowest BCUT2D eigenvalue weighted by Crippen LogP contribution is -2.22. The van der Waals surface area contributed by atoms with Gasteiger partial charge in [-0.05, 0) is 29.7 Å². The second-order valence-corrected chi connectivity index (χ2v) is 4.71. The molecular weight excluding hydrogens is 385 g/mol. The Hall–Kier alpha value is -1.82. The number of aryl methyl sites for hydroxylation is 1. The van der Waals surface area contributed by atoms with Crippen LogP contribution in [-0.2, 0) is 6.42 Å². The third-order valence-corrected chi connectivity index (χ3v) is 3.11. The number of rotatable bonds is 5. The Morgan fingerprint density at radius 1 is 1.09 bits per heavy atom. The fourth-order valence-corrected chi connectivity index (χ4v) is 1.92. The average molecular weight is 407 g/mol. The molecule has 0 heterocycles. The zero-order valence-corrected chi connectivity index (χ0v) is 15.0. The van der Waals surface area contributed by atoms with E-state index in [0.717, 1.165) is 17.7 Å². The molecule has 0 aliphatic heterocycles. The van der Waals surface area contributed by atoms with E-state index in [1.54, 1.807) is 0 Å². The molecular formula is C18H22IN3. The number of aliphatic imine (C=N–C) groups is 1. The van der Waals surface area contributed by atoms with Crippen LogP contribution in [0.25, 0.3) is 6.08 Å². The highest BCUT2D eigenvalue weighted by Gasteiger charge is 1.94. The Kier molecular flexibility index (Phi) is 8.28. The Morgan fingerprint density at radius 2 is 1.77 bits per heavy atom. The van der Waals surface area contributed by atoms with E-state index < -0.39 is 0 Å². The summed E-state index contributed by atoms with van der Waals surface area (Å²) in [5, 5.41) is 3.09. The molecule has 2 rings (SSSR count). The summed E-state index contributed by atoms with van der Waals surface area (Å²) in [7, 11) is 0. The lowest BCUT2D eigenvalue weighted by atomic mass is 10.1. The molecule has 2 aromatic carbocycles. The van der Waals surface area contributed by atoms with Gasteiger partial charge in [-0.25, -0.2) is 4.99 Å². The molecule has 0 aliphatic rings. The third kappa shape index (κ3) is 6.30. The molecule has 22 heavy (non-hydrogen) atoms. The molecule has 3 N–H and O–H groups in total. The van der Waals surface area contributed by atoms with E-state index in [1.807, 2.05) is 42.5 Å². The number of hydrogen-bond acceptors (Lipinski definition) is 1. The van der Waals surface area contributed by atoms with Gasteiger partial charge >= 0.3 is 0 Å². The molecule has 0 aliphatic carbocycles. The fraction of sp³-hybridized carbons (Fsp3) is 0.167. The minimum atomic E-state index is 0. The zero-order chi connectivity index (χ0) is 14.9. The van der Waals surface area contributed by atoms with Gasteiger partial charge in [0.15, 0.2) is 5.96 Å². The highest BCUT2D eigenvalue weighted by molar-refractivity contribution is 14.0. The second kappa shape index (κ2) is 10.00. The first-order chi connectivity index (χ1) is 10.3. The maximum absolute atomic E-state index is 5.86. The molecule has 0 atom stereocenters. The Bertz CT molecular complexity index is 604. The van der Waals surface area contributed by atoms with Crippen LogP contribution in [0.3, 0.4) is 0 Å². The van der Waals surface area contributed by atoms with Crippen molar-refractivity contribution < 1.29 is 0 Å². The molecule has 0 spiro atoms. The Balaban J connectivity index is 0.00000242. The molecule has 116 valence electrons. The van der Waals surface area contributed by atoms with E-state index >= 15 is 0 Å². The molecule has 4 heteroatoms. The zero-order valence-electron chi connectivity index (χ0n) is 12.7. The van der Waals surface area contributed by atoms with Gasteiger partial charge < -0.3 is 11.1 Å². The SMILES string of the molecule is CCc1ccc(NC(N)=NCC=Cc2ccccc2)cc1.I. The largest absolute Gasteiger partial charge is 0.370 e. The molecule has 2 aromatic rings. The van der Waals surface area contributed by atoms with Crippen LogP contribution in [0.2, 0.25) is 0 Å². The highest BCUT2D eigenvalue weighted by Crippen LogP contribution is 2.09. The summed E-state index contributed by atoms with van der Waals surface area (Å²) in [4.78, 5) is 4.27. The summed E-state index contributed by atoms with van der Waals surface area (Å²) in [6.45, 7) is 2.69. The summed E-state index contributed by atoms with van der Waals surface area (Å²) >= 11 is 0. The van der Waals surface area contributed by atoms with Crippen molar-refractivity contribution in [2.24, 2.45) is 10.7 Å². The van der Waals surface area contributed by atoms with Gasteiger partial charge in [0.1, 0.15) is 0 Å². The summed E-state index contributed by atoms with van der Waals surface area (Å²) in [5.41, 5.74) is 9.29. The standard InChI is InChI=1S/C18H21N3.HI/c1-2-15-10-12-17(13-11-15)21-18(19)20-14-6-9-16-7-4-3-5-8-16;/h3-13H,2,14H2,1H3,(H3,19,20,21);1H. The normalized spacial score (nSPS) is 11.2. The molecule has 0 amide bonds. The number of nitrogens with zero attached hydrogens (tertiary/aromatic N) is 1. The van der Waals surface area contributed by atoms with Crippen molar-refractivity contribution in [2.75, 3.05) is 11.9 Å². The molecule has 0 saturated heterocycles. The van der Waals surface area contributed by atoms with Gasteiger partial charge in [0.25, 0.3) is 0 Å². The Morgan fingerprint density at radius 3 is 2.41 bits per heavy atom. The van der Waals surface area contributed by atoms with E-state index in [4.69, 9.17) is 5.73 Å². The average Bonchev–Trinajstić information content (AvgIpc) is 2.53. The van der Waals surface area contributed by atoms with Crippen molar-refractivity contribution >= 4 is 41.7 Å². The van der Waals surface area contributed by atoms with E-state index in [-0.39, 0.29) is 24.0 Å². The first-order valence-electron chi connectivity index (χ1n) is 7.15. The molecule has 0 aromatic heterocycles. The fourth-order valence-electron chi connectivity index (χ4n) is 1.92. The molecule has 0 saturated carbocycles. The quantitative estimate of drug-likeness (QED) is 0.441. The van der Waals surface area contributed by atoms with Gasteiger partial charge in [0.05, 0.1) is 6.54 Å². The van der Waals surface area contributed by atoms with Gasteiger partial charge in [0, 0.05) is 5.69 Å². The number of guanidine groups is 1. The number of nitrogens with one attached hydrogen (secondary N) is 1. The lowest BCUT2D eigenvalue weighted by Gasteiger charge is -2.05. The van der Waals surface area contributed by atoms with Gasteiger partial charge in [-0.2, -0.15) is 0 Å². The molecule has 0 radical (unpaired) electrons. The van der Waals surface area contributed by atoms with Crippen LogP contribution in [0.4, 0.5) is 5.69 Å². The first-order valence-corrected chi connectivity index (χ1v) is 7.15. The maximum Gasteiger partial charge on any atom is 0.193 e. The summed E-state index contributed by atoms with van der Waals surface area (Å²) < 4.78 is 0. The monoisotopic (exact) mass is 407 g/mol. The van der Waals surface area contributed by atoms with E-state index in [9.17, 15) is 0 Å². The highest BCUT2D eigenvalue weighted by atomic mass is 127. The minimum Gasteiger partial charge on any atom is -0.370 e. The Labute approximate surface area is 149 Å². The first kappa shape index (κ1) is 18.2. The molecule has 0 fully saturated rings. The van der Waals surface area contributed by atoms with Crippen molar-refractivity contribution in [3.8, 4) is 0 Å². The van der Waals surface area contributed by atoms with Crippen LogP contribution in [-0.4, -0.2) is 12.5 Å². The second-order valence-electron chi connectivity index (χ2n) is 4.71. The van der Waals surface area contributed by atoms with Crippen molar-refractivity contribution in [3.63, 3.8) is 0 Å². The van der Waals surface area contributed by atoms with Crippen LogP contribution in [0, 0.1) is 0 Å². The van der Waals surface area contributed by atoms with Crippen LogP contribution < -0.4 is 11.1 Å². The summed E-state index contributed by atoms with van der Waals surface area (Å²) in [5.74, 6) is 0.428. The van der Waals surface area contributed by atoms with Gasteiger partial charge in [-0.15, -0.1) is 24.0 Å². The van der Waals surface area contributed by atoms with Crippen molar-refractivity contribution in [2.45, 2.75) is 13.3 Å². The number of anilines is 1. The predicted molar refractivity (Wildman–Crippen MR) is 107 cm³/mol. The number of nitrogens with two attached hydrogens (primary N) is 1. The van der Waals surface area contributed by atoms with Crippen molar-refractivity contribution in [1.29, 1.82) is 0 Å². The van der Waals surface area contributed by atoms with Gasteiger partial charge in [-0.1, -0.05) is 61.5 Å². The van der Waals surface area contributed by atoms with Crippen LogP contribution in [0.15, 0.2) is 65.7 Å². The van der Waals surface area contributed by atoms with Crippen LogP contribution in [0.1, 0.15) is 18.1 Å². The maximum atomic E-state index is 5.86. The molecule has 0 bridgehead atoms. The van der Waals surface area contributed by atoms with E-state index in [2.05, 4.69) is 41.5 Å². The van der Waals surface area contributed by atoms with Crippen molar-refractivity contribution in [3.05, 3.63) is 71.8 Å². The summed E-state index contributed by atoms with van der Waals surface area (Å²) in [6.07, 6.45) is 5.06. The van der Waals surface area contributed by atoms with Crippen LogP contribution in [0.5, 0.6) is 0 Å². The predicted octanol–water partition coefficient (Wildman–Crippen LogP) is 4.31. The van der Waals surface area contributed by atoms with Gasteiger partial charge in [-0.3, -0.25) is 0 Å². The number of benzene rings is 2. The molecule has 3 nitrogen and oxygen atoms in total. The van der Waals surface area contributed by atoms with E-state index in [1.165, 1.54) is 5.56 Å². The topological polar surface area (TPSA) is 50.4 Å². The van der Waals surface area contributed by atoms with Crippen LogP contribution >= 0.6 is 24.0 Å².